The first-order valence-electron chi connectivity index (χ1n) is 14.5. The van der Waals surface area contributed by atoms with Crippen LogP contribution in [0.1, 0.15) is 62.5 Å². The topological polar surface area (TPSA) is 129 Å². The lowest BCUT2D eigenvalue weighted by Crippen LogP contribution is -2.30. The van der Waals surface area contributed by atoms with Crippen molar-refractivity contribution in [3.63, 3.8) is 0 Å². The Kier molecular flexibility index (Phi) is 10.2. The summed E-state index contributed by atoms with van der Waals surface area (Å²) in [5.74, 6) is 0.478. The zero-order valence-corrected chi connectivity index (χ0v) is 25.5. The largest absolute Gasteiger partial charge is 0.490 e. The predicted octanol–water partition coefficient (Wildman–Crippen LogP) is 4.58. The Hall–Kier alpha value is -4.69. The normalized spacial score (nSPS) is 11.7. The third-order valence-electron chi connectivity index (χ3n) is 6.57. The number of fused-ring (bicyclic) bond motifs is 2. The fraction of sp³-hybridized carbons (Fsp3) is 0.406. The van der Waals surface area contributed by atoms with Crippen molar-refractivity contribution in [1.82, 2.24) is 14.0 Å². The van der Waals surface area contributed by atoms with Gasteiger partial charge in [0.2, 0.25) is 5.75 Å². The van der Waals surface area contributed by atoms with Gasteiger partial charge in [0.25, 0.3) is 11.5 Å². The van der Waals surface area contributed by atoms with Crippen LogP contribution in [0.2, 0.25) is 0 Å². The molecule has 0 atom stereocenters. The summed E-state index contributed by atoms with van der Waals surface area (Å²) in [6.07, 6.45) is 2.21. The first-order chi connectivity index (χ1) is 20.7. The number of hydrogen-bond donors (Lipinski definition) is 0. The number of rotatable bonds is 12. The summed E-state index contributed by atoms with van der Waals surface area (Å²) in [4.78, 5) is 36.6. The lowest BCUT2D eigenvalue weighted by Gasteiger charge is -2.17. The van der Waals surface area contributed by atoms with E-state index in [0.29, 0.717) is 67.9 Å². The van der Waals surface area contributed by atoms with Gasteiger partial charge in [-0.15, -0.1) is 0 Å². The van der Waals surface area contributed by atoms with E-state index >= 15 is 0 Å². The van der Waals surface area contributed by atoms with Crippen LogP contribution < -0.4 is 25.3 Å². The summed E-state index contributed by atoms with van der Waals surface area (Å²) in [5.41, 5.74) is 1.64. The van der Waals surface area contributed by atoms with E-state index in [4.69, 9.17) is 23.9 Å². The van der Waals surface area contributed by atoms with Crippen LogP contribution in [0.15, 0.2) is 46.3 Å². The van der Waals surface area contributed by atoms with Crippen molar-refractivity contribution in [2.75, 3.05) is 26.4 Å². The van der Waals surface area contributed by atoms with Crippen molar-refractivity contribution >= 4 is 22.6 Å². The van der Waals surface area contributed by atoms with Gasteiger partial charge in [-0.2, -0.15) is 10.3 Å². The molecule has 0 N–H and O–H groups in total. The van der Waals surface area contributed by atoms with Crippen molar-refractivity contribution in [2.45, 2.75) is 60.6 Å². The monoisotopic (exact) mass is 587 g/mol. The van der Waals surface area contributed by atoms with E-state index in [-0.39, 0.29) is 33.7 Å². The molecule has 0 spiro atoms. The molecule has 3 aromatic heterocycles. The van der Waals surface area contributed by atoms with Crippen molar-refractivity contribution in [2.24, 2.45) is 4.99 Å². The molecular formula is C32H37N5O6. The fourth-order valence-corrected chi connectivity index (χ4v) is 4.72. The Bertz CT molecular complexity index is 1790. The summed E-state index contributed by atoms with van der Waals surface area (Å²) in [7, 11) is 0. The molecule has 226 valence electrons. The molecule has 11 nitrogen and oxygen atoms in total. The number of hydrogen-bond acceptors (Lipinski definition) is 8. The molecular weight excluding hydrogens is 550 g/mol. The van der Waals surface area contributed by atoms with Gasteiger partial charge >= 0.3 is 0 Å². The van der Waals surface area contributed by atoms with Gasteiger partial charge in [0.05, 0.1) is 36.9 Å². The van der Waals surface area contributed by atoms with Crippen LogP contribution in [0.4, 0.5) is 0 Å². The molecule has 11 heteroatoms. The number of pyridine rings is 2. The Balaban J connectivity index is 1.99. The van der Waals surface area contributed by atoms with Crippen LogP contribution in [0.5, 0.6) is 17.2 Å². The highest BCUT2D eigenvalue weighted by Gasteiger charge is 2.20. The van der Waals surface area contributed by atoms with E-state index in [0.717, 1.165) is 5.56 Å². The van der Waals surface area contributed by atoms with Gasteiger partial charge in [-0.3, -0.25) is 14.0 Å². The third-order valence-corrected chi connectivity index (χ3v) is 6.57. The first kappa shape index (κ1) is 31.3. The number of aryl methyl sites for hydroxylation is 2. The summed E-state index contributed by atoms with van der Waals surface area (Å²) in [5, 5.41) is 10.4. The molecule has 0 aliphatic carbocycles. The zero-order chi connectivity index (χ0) is 31.1. The van der Waals surface area contributed by atoms with Crippen LogP contribution >= 0.6 is 0 Å². The third kappa shape index (κ3) is 6.70. The number of amides is 1. The van der Waals surface area contributed by atoms with Gasteiger partial charge in [0.15, 0.2) is 17.0 Å². The van der Waals surface area contributed by atoms with Crippen molar-refractivity contribution < 1.29 is 23.7 Å². The van der Waals surface area contributed by atoms with E-state index in [1.54, 1.807) is 29.0 Å². The Labute approximate surface area is 249 Å². The number of nitriles is 1. The van der Waals surface area contributed by atoms with E-state index in [9.17, 15) is 14.9 Å². The lowest BCUT2D eigenvalue weighted by atomic mass is 10.1. The van der Waals surface area contributed by atoms with Crippen molar-refractivity contribution in [3.8, 4) is 23.3 Å². The Morgan fingerprint density at radius 1 is 1.05 bits per heavy atom. The molecule has 1 amide bonds. The van der Waals surface area contributed by atoms with Crippen LogP contribution in [-0.4, -0.2) is 52.4 Å². The van der Waals surface area contributed by atoms with Gasteiger partial charge < -0.3 is 23.5 Å². The van der Waals surface area contributed by atoms with Gasteiger partial charge in [-0.05, 0) is 77.8 Å². The number of aromatic nitrogens is 3. The number of carbonyl (C=O) groups is 1. The minimum absolute atomic E-state index is 0.0333. The van der Waals surface area contributed by atoms with E-state index in [1.807, 2.05) is 47.6 Å². The predicted molar refractivity (Wildman–Crippen MR) is 162 cm³/mol. The van der Waals surface area contributed by atoms with Crippen molar-refractivity contribution in [3.05, 3.63) is 69.1 Å². The average molecular weight is 588 g/mol. The summed E-state index contributed by atoms with van der Waals surface area (Å²) < 4.78 is 26.2. The number of nitrogens with zero attached hydrogens (tertiary/aromatic N) is 5. The highest BCUT2D eigenvalue weighted by molar-refractivity contribution is 5.96. The molecule has 0 saturated carbocycles. The Morgan fingerprint density at radius 3 is 2.33 bits per heavy atom. The lowest BCUT2D eigenvalue weighted by molar-refractivity contribution is 0.0748. The van der Waals surface area contributed by atoms with Crippen molar-refractivity contribution in [1.29, 1.82) is 5.26 Å². The number of carbonyl (C=O) groups excluding carboxylic acids is 1. The first-order valence-corrected chi connectivity index (χ1v) is 14.5. The summed E-state index contributed by atoms with van der Waals surface area (Å²) in [6, 6.07) is 10.3. The summed E-state index contributed by atoms with van der Waals surface area (Å²) in [6.45, 7) is 13.1. The maximum Gasteiger partial charge on any atom is 0.279 e. The molecule has 43 heavy (non-hydrogen) atoms. The molecule has 0 aliphatic rings. The number of benzene rings is 1. The van der Waals surface area contributed by atoms with Gasteiger partial charge in [-0.1, -0.05) is 6.07 Å². The highest BCUT2D eigenvalue weighted by Crippen LogP contribution is 2.39. The molecule has 0 saturated heterocycles. The molecule has 4 aromatic rings. The Morgan fingerprint density at radius 2 is 1.72 bits per heavy atom. The average Bonchev–Trinajstić information content (AvgIpc) is 2.98. The molecule has 0 radical (unpaired) electrons. The minimum atomic E-state index is -0.623. The smallest absolute Gasteiger partial charge is 0.279 e. The second-order valence-electron chi connectivity index (χ2n) is 9.97. The van der Waals surface area contributed by atoms with Gasteiger partial charge in [-0.25, -0.2) is 4.98 Å². The van der Waals surface area contributed by atoms with Gasteiger partial charge in [0.1, 0.15) is 17.4 Å². The standard InChI is InChI=1S/C32H37N5O6/c1-7-40-25-17-22(18-26(41-8-2)27(25)42-9-3)31(38)35-29-23(19-33)16-24-30(36(29)14-11-15-43-20(4)5)34-28-21(6)12-10-13-37(28)32(24)39/h10,12-13,16-18,20H,7-9,11,14-15H2,1-6H3. The molecule has 0 bridgehead atoms. The molecule has 3 heterocycles. The van der Waals surface area contributed by atoms with Gasteiger partial charge in [0, 0.05) is 24.9 Å². The van der Waals surface area contributed by atoms with E-state index < -0.39 is 5.91 Å². The minimum Gasteiger partial charge on any atom is -0.490 e. The van der Waals surface area contributed by atoms with Crippen LogP contribution in [-0.2, 0) is 11.3 Å². The van der Waals surface area contributed by atoms with Crippen LogP contribution in [0.3, 0.4) is 0 Å². The molecule has 0 aliphatic heterocycles. The maximum atomic E-state index is 13.8. The summed E-state index contributed by atoms with van der Waals surface area (Å²) >= 11 is 0. The maximum absolute atomic E-state index is 13.8. The molecule has 0 fully saturated rings. The van der Waals surface area contributed by atoms with Crippen LogP contribution in [0, 0.1) is 18.3 Å². The van der Waals surface area contributed by atoms with E-state index in [2.05, 4.69) is 11.1 Å². The zero-order valence-electron chi connectivity index (χ0n) is 25.5. The quantitative estimate of drug-likeness (QED) is 0.174. The highest BCUT2D eigenvalue weighted by atomic mass is 16.5. The second-order valence-corrected chi connectivity index (χ2v) is 9.97. The van der Waals surface area contributed by atoms with E-state index in [1.165, 1.54) is 10.5 Å². The number of ether oxygens (including phenoxy) is 4. The molecule has 4 rings (SSSR count). The second kappa shape index (κ2) is 14.0. The SMILES string of the molecule is CCOc1cc(C(=O)N=c2c(C#N)cc3c(=O)n4cccc(C)c4nc3n2CCCOC(C)C)cc(OCC)c1OCC. The molecule has 1 aromatic carbocycles. The van der Waals surface area contributed by atoms with Crippen LogP contribution in [0.25, 0.3) is 16.7 Å². The fourth-order valence-electron chi connectivity index (χ4n) is 4.72. The molecule has 0 unspecified atom stereocenters.